The minimum absolute atomic E-state index is 0.375. The number of nitrogens with one attached hydrogen (secondary N) is 2. The molecular weight excluding hydrogens is 364 g/mol. The van der Waals surface area contributed by atoms with Gasteiger partial charge in [-0.3, -0.25) is 0 Å². The van der Waals surface area contributed by atoms with Gasteiger partial charge >= 0.3 is 0 Å². The Morgan fingerprint density at radius 3 is 2.75 bits per heavy atom. The van der Waals surface area contributed by atoms with Gasteiger partial charge in [0.1, 0.15) is 5.82 Å². The minimum Gasteiger partial charge on any atom is -0.348 e. The number of nitrogens with zero attached hydrogens (tertiary/aromatic N) is 2. The number of likely N-dealkylation sites (tertiary alicyclic amines) is 1. The molecule has 0 spiro atoms. The fourth-order valence-electron chi connectivity index (χ4n) is 3.95. The Hall–Kier alpha value is -2.40. The van der Waals surface area contributed by atoms with E-state index in [-0.39, 0.29) is 0 Å². The second-order valence-corrected chi connectivity index (χ2v) is 8.43. The highest BCUT2D eigenvalue weighted by Crippen LogP contribution is 2.28. The first-order chi connectivity index (χ1) is 13.4. The van der Waals surface area contributed by atoms with Crippen LogP contribution in [-0.4, -0.2) is 33.1 Å². The van der Waals surface area contributed by atoms with E-state index in [0.29, 0.717) is 5.92 Å². The van der Waals surface area contributed by atoms with Crippen molar-refractivity contribution in [1.29, 1.82) is 0 Å². The van der Waals surface area contributed by atoms with E-state index in [1.54, 1.807) is 0 Å². The topological polar surface area (TPSA) is 44.0 Å². The number of anilines is 1. The number of thiocarbonyl (C=S) groups is 1. The molecule has 0 saturated carbocycles. The molecule has 4 rings (SSSR count). The standard InChI is InChI=1S/C23H28N4S/c1-14-7-5-9-19(17(14)4)26-23(28)27-10-6-8-18(13-27)22-24-20-11-15(2)16(3)12-21(20)25-22/h5,7,9,11-12,18H,6,8,10,13H2,1-4H3,(H,24,25)(H,26,28)/t18-/m0/s1. The smallest absolute Gasteiger partial charge is 0.173 e. The van der Waals surface area contributed by atoms with Crippen molar-refractivity contribution in [2.75, 3.05) is 18.4 Å². The van der Waals surface area contributed by atoms with Crippen molar-refractivity contribution in [3.8, 4) is 0 Å². The van der Waals surface area contributed by atoms with Crippen LogP contribution < -0.4 is 5.32 Å². The number of hydrogen-bond acceptors (Lipinski definition) is 2. The molecule has 3 aromatic rings. The van der Waals surface area contributed by atoms with E-state index in [2.05, 4.69) is 73.2 Å². The fraction of sp³-hybridized carbons (Fsp3) is 0.391. The van der Waals surface area contributed by atoms with Gasteiger partial charge in [-0.05, 0) is 93.2 Å². The van der Waals surface area contributed by atoms with Crippen LogP contribution in [0.1, 0.15) is 46.8 Å². The number of hydrogen-bond donors (Lipinski definition) is 2. The van der Waals surface area contributed by atoms with E-state index in [9.17, 15) is 0 Å². The minimum atomic E-state index is 0.375. The molecule has 2 aromatic carbocycles. The van der Waals surface area contributed by atoms with Gasteiger partial charge in [-0.15, -0.1) is 0 Å². The van der Waals surface area contributed by atoms with Crippen LogP contribution in [0.5, 0.6) is 0 Å². The molecule has 2 heterocycles. The summed E-state index contributed by atoms with van der Waals surface area (Å²) in [5, 5.41) is 4.27. The molecular formula is C23H28N4S. The zero-order valence-electron chi connectivity index (χ0n) is 17.1. The van der Waals surface area contributed by atoms with Crippen molar-refractivity contribution in [3.63, 3.8) is 0 Å². The number of imidazole rings is 1. The fourth-order valence-corrected chi connectivity index (χ4v) is 4.22. The van der Waals surface area contributed by atoms with Crippen molar-refractivity contribution in [3.05, 3.63) is 58.4 Å². The van der Waals surface area contributed by atoms with E-state index in [4.69, 9.17) is 17.2 Å². The highest BCUT2D eigenvalue weighted by atomic mass is 32.1. The van der Waals surface area contributed by atoms with Gasteiger partial charge in [0.15, 0.2) is 5.11 Å². The molecule has 0 unspecified atom stereocenters. The summed E-state index contributed by atoms with van der Waals surface area (Å²) in [5.41, 5.74) is 8.40. The lowest BCUT2D eigenvalue weighted by Gasteiger charge is -2.34. The van der Waals surface area contributed by atoms with E-state index >= 15 is 0 Å². The molecule has 28 heavy (non-hydrogen) atoms. The SMILES string of the molecule is Cc1cc2nc([C@H]3CCCN(C(=S)Nc4cccc(C)c4C)C3)[nH]c2cc1C. The van der Waals surface area contributed by atoms with Crippen molar-refractivity contribution in [2.45, 2.75) is 46.5 Å². The van der Waals surface area contributed by atoms with Gasteiger partial charge < -0.3 is 15.2 Å². The highest BCUT2D eigenvalue weighted by Gasteiger charge is 2.25. The lowest BCUT2D eigenvalue weighted by Crippen LogP contribution is -2.41. The number of fused-ring (bicyclic) bond motifs is 1. The van der Waals surface area contributed by atoms with Crippen LogP contribution in [0.15, 0.2) is 30.3 Å². The molecule has 0 amide bonds. The quantitative estimate of drug-likeness (QED) is 0.575. The summed E-state index contributed by atoms with van der Waals surface area (Å²) in [7, 11) is 0. The first-order valence-electron chi connectivity index (χ1n) is 10.0. The molecule has 1 aromatic heterocycles. The normalized spacial score (nSPS) is 17.1. The summed E-state index contributed by atoms with van der Waals surface area (Å²) in [4.78, 5) is 10.7. The average Bonchev–Trinajstić information content (AvgIpc) is 3.08. The van der Waals surface area contributed by atoms with Gasteiger partial charge in [0.05, 0.1) is 11.0 Å². The Morgan fingerprint density at radius 1 is 1.14 bits per heavy atom. The van der Waals surface area contributed by atoms with Crippen LogP contribution in [0.25, 0.3) is 11.0 Å². The van der Waals surface area contributed by atoms with Crippen molar-refractivity contribution in [1.82, 2.24) is 14.9 Å². The van der Waals surface area contributed by atoms with Gasteiger partial charge in [0, 0.05) is 24.7 Å². The summed E-state index contributed by atoms with van der Waals surface area (Å²) in [5.74, 6) is 1.46. The molecule has 2 N–H and O–H groups in total. The first kappa shape index (κ1) is 18.9. The predicted octanol–water partition coefficient (Wildman–Crippen LogP) is 5.37. The molecule has 0 bridgehead atoms. The summed E-state index contributed by atoms with van der Waals surface area (Å²) < 4.78 is 0. The molecule has 1 aliphatic rings. The lowest BCUT2D eigenvalue weighted by molar-refractivity contribution is 0.307. The average molecular weight is 393 g/mol. The zero-order chi connectivity index (χ0) is 19.8. The van der Waals surface area contributed by atoms with Crippen molar-refractivity contribution in [2.24, 2.45) is 0 Å². The number of benzene rings is 2. The number of aryl methyl sites for hydroxylation is 3. The maximum Gasteiger partial charge on any atom is 0.173 e. The third-order valence-corrected chi connectivity index (χ3v) is 6.42. The summed E-state index contributed by atoms with van der Waals surface area (Å²) >= 11 is 5.74. The molecule has 1 aliphatic heterocycles. The molecule has 0 radical (unpaired) electrons. The van der Waals surface area contributed by atoms with Crippen molar-refractivity contribution >= 4 is 34.1 Å². The summed E-state index contributed by atoms with van der Waals surface area (Å²) in [6, 6.07) is 10.7. The number of H-pyrrole nitrogens is 1. The van der Waals surface area contributed by atoms with Crippen LogP contribution in [-0.2, 0) is 0 Å². The van der Waals surface area contributed by atoms with E-state index in [0.717, 1.165) is 53.6 Å². The largest absolute Gasteiger partial charge is 0.348 e. The number of aromatic amines is 1. The van der Waals surface area contributed by atoms with Gasteiger partial charge in [-0.2, -0.15) is 0 Å². The van der Waals surface area contributed by atoms with Crippen LogP contribution in [0, 0.1) is 27.7 Å². The van der Waals surface area contributed by atoms with Crippen LogP contribution in [0.2, 0.25) is 0 Å². The maximum absolute atomic E-state index is 5.74. The molecule has 0 aliphatic carbocycles. The Kier molecular flexibility index (Phi) is 5.11. The number of piperidine rings is 1. The van der Waals surface area contributed by atoms with Crippen molar-refractivity contribution < 1.29 is 0 Å². The van der Waals surface area contributed by atoms with E-state index in [1.165, 1.54) is 22.3 Å². The summed E-state index contributed by atoms with van der Waals surface area (Å²) in [6.45, 7) is 10.4. The second-order valence-electron chi connectivity index (χ2n) is 8.04. The Labute approximate surface area is 172 Å². The Morgan fingerprint density at radius 2 is 1.93 bits per heavy atom. The van der Waals surface area contributed by atoms with E-state index in [1.807, 2.05) is 0 Å². The monoisotopic (exact) mass is 392 g/mol. The number of aromatic nitrogens is 2. The van der Waals surface area contributed by atoms with Gasteiger partial charge in [-0.1, -0.05) is 12.1 Å². The zero-order valence-corrected chi connectivity index (χ0v) is 17.9. The molecule has 1 fully saturated rings. The Balaban J connectivity index is 1.51. The van der Waals surface area contributed by atoms with Crippen LogP contribution >= 0.6 is 12.2 Å². The molecule has 5 heteroatoms. The Bertz CT molecular complexity index is 998. The third kappa shape index (κ3) is 3.63. The number of rotatable bonds is 2. The lowest BCUT2D eigenvalue weighted by atomic mass is 9.98. The van der Waals surface area contributed by atoms with Crippen LogP contribution in [0.3, 0.4) is 0 Å². The first-order valence-corrected chi connectivity index (χ1v) is 10.4. The van der Waals surface area contributed by atoms with Gasteiger partial charge in [-0.25, -0.2) is 4.98 Å². The maximum atomic E-state index is 5.74. The molecule has 1 atom stereocenters. The second kappa shape index (κ2) is 7.55. The highest BCUT2D eigenvalue weighted by molar-refractivity contribution is 7.80. The predicted molar refractivity (Wildman–Crippen MR) is 121 cm³/mol. The van der Waals surface area contributed by atoms with E-state index < -0.39 is 0 Å². The third-order valence-electron chi connectivity index (χ3n) is 6.06. The molecule has 4 nitrogen and oxygen atoms in total. The van der Waals surface area contributed by atoms with Crippen LogP contribution in [0.4, 0.5) is 5.69 Å². The van der Waals surface area contributed by atoms with Gasteiger partial charge in [0.25, 0.3) is 0 Å². The molecule has 1 saturated heterocycles. The van der Waals surface area contributed by atoms with Gasteiger partial charge in [0.2, 0.25) is 0 Å². The summed E-state index contributed by atoms with van der Waals surface area (Å²) in [6.07, 6.45) is 2.26. The molecule has 146 valence electrons.